The van der Waals surface area contributed by atoms with Gasteiger partial charge in [0.25, 0.3) is 0 Å². The normalized spacial score (nSPS) is 16.6. The summed E-state index contributed by atoms with van der Waals surface area (Å²) in [6.45, 7) is 5.64. The summed E-state index contributed by atoms with van der Waals surface area (Å²) in [5.41, 5.74) is 0.636. The topological polar surface area (TPSA) is 21.3 Å². The van der Waals surface area contributed by atoms with Gasteiger partial charge in [-0.25, -0.2) is 4.39 Å². The van der Waals surface area contributed by atoms with Gasteiger partial charge < -0.3 is 10.1 Å². The van der Waals surface area contributed by atoms with Crippen LogP contribution in [0.2, 0.25) is 0 Å². The lowest BCUT2D eigenvalue weighted by Gasteiger charge is -2.18. The standard InChI is InChI=1S/C15H22FNO/c1-3-8-17-15(12-4-5-12)10-18-13-6-7-14(16)11(2)9-13/h6-7,9,12,15,17H,3-5,8,10H2,1-2H3. The number of benzene rings is 1. The van der Waals surface area contributed by atoms with Gasteiger partial charge in [0, 0.05) is 6.04 Å². The van der Waals surface area contributed by atoms with E-state index in [0.29, 0.717) is 18.2 Å². The zero-order chi connectivity index (χ0) is 13.0. The van der Waals surface area contributed by atoms with Crippen molar-refractivity contribution in [2.45, 2.75) is 39.2 Å². The molecule has 0 saturated heterocycles. The highest BCUT2D eigenvalue weighted by atomic mass is 19.1. The number of nitrogens with one attached hydrogen (secondary N) is 1. The molecule has 1 aromatic carbocycles. The van der Waals surface area contributed by atoms with Crippen LogP contribution in [-0.4, -0.2) is 19.2 Å². The van der Waals surface area contributed by atoms with E-state index in [4.69, 9.17) is 4.74 Å². The van der Waals surface area contributed by atoms with E-state index in [1.54, 1.807) is 19.1 Å². The Kier molecular flexibility index (Phi) is 4.59. The number of ether oxygens (including phenoxy) is 1. The molecular weight excluding hydrogens is 229 g/mol. The van der Waals surface area contributed by atoms with Crippen LogP contribution in [-0.2, 0) is 0 Å². The maximum absolute atomic E-state index is 13.1. The first-order valence-corrected chi connectivity index (χ1v) is 6.83. The molecule has 2 rings (SSSR count). The van der Waals surface area contributed by atoms with E-state index >= 15 is 0 Å². The molecule has 3 heteroatoms. The molecule has 0 radical (unpaired) electrons. The third-order valence-corrected chi connectivity index (χ3v) is 3.41. The van der Waals surface area contributed by atoms with Crippen molar-refractivity contribution >= 4 is 0 Å². The first-order chi connectivity index (χ1) is 8.70. The Balaban J connectivity index is 1.86. The maximum atomic E-state index is 13.1. The van der Waals surface area contributed by atoms with Crippen LogP contribution in [0.1, 0.15) is 31.7 Å². The molecule has 1 aliphatic carbocycles. The zero-order valence-electron chi connectivity index (χ0n) is 11.2. The van der Waals surface area contributed by atoms with Crippen molar-refractivity contribution in [3.05, 3.63) is 29.6 Å². The van der Waals surface area contributed by atoms with Crippen LogP contribution in [0.25, 0.3) is 0 Å². The van der Waals surface area contributed by atoms with Crippen LogP contribution < -0.4 is 10.1 Å². The molecule has 2 nitrogen and oxygen atoms in total. The average Bonchev–Trinajstić information content (AvgIpc) is 3.18. The van der Waals surface area contributed by atoms with E-state index in [1.165, 1.54) is 18.9 Å². The Morgan fingerprint density at radius 1 is 1.44 bits per heavy atom. The lowest BCUT2D eigenvalue weighted by atomic mass is 10.2. The van der Waals surface area contributed by atoms with Crippen molar-refractivity contribution in [1.29, 1.82) is 0 Å². The minimum absolute atomic E-state index is 0.176. The Labute approximate surface area is 109 Å². The summed E-state index contributed by atoms with van der Waals surface area (Å²) >= 11 is 0. The van der Waals surface area contributed by atoms with Crippen LogP contribution in [0.4, 0.5) is 4.39 Å². The van der Waals surface area contributed by atoms with Crippen LogP contribution in [0.5, 0.6) is 5.75 Å². The van der Waals surface area contributed by atoms with Crippen molar-refractivity contribution < 1.29 is 9.13 Å². The molecule has 1 aliphatic rings. The molecule has 1 aromatic rings. The van der Waals surface area contributed by atoms with Crippen LogP contribution in [0.15, 0.2) is 18.2 Å². The number of hydrogen-bond donors (Lipinski definition) is 1. The van der Waals surface area contributed by atoms with Crippen molar-refractivity contribution in [2.24, 2.45) is 5.92 Å². The molecule has 0 aliphatic heterocycles. The van der Waals surface area contributed by atoms with E-state index in [0.717, 1.165) is 24.6 Å². The first-order valence-electron chi connectivity index (χ1n) is 6.83. The third-order valence-electron chi connectivity index (χ3n) is 3.41. The molecule has 0 spiro atoms. The van der Waals surface area contributed by atoms with Gasteiger partial charge in [-0.15, -0.1) is 0 Å². The third kappa shape index (κ3) is 3.70. The summed E-state index contributed by atoms with van der Waals surface area (Å²) in [5, 5.41) is 3.53. The summed E-state index contributed by atoms with van der Waals surface area (Å²) in [6.07, 6.45) is 3.74. The van der Waals surface area contributed by atoms with Gasteiger partial charge in [-0.05, 0) is 62.4 Å². The minimum Gasteiger partial charge on any atom is -0.492 e. The Hall–Kier alpha value is -1.09. The maximum Gasteiger partial charge on any atom is 0.126 e. The predicted octanol–water partition coefficient (Wildman–Crippen LogP) is 3.29. The molecule has 1 N–H and O–H groups in total. The number of aryl methyl sites for hydroxylation is 1. The second-order valence-corrected chi connectivity index (χ2v) is 5.12. The van der Waals surface area contributed by atoms with Gasteiger partial charge in [0.15, 0.2) is 0 Å². The molecule has 1 unspecified atom stereocenters. The van der Waals surface area contributed by atoms with E-state index in [9.17, 15) is 4.39 Å². The summed E-state index contributed by atoms with van der Waals surface area (Å²) in [4.78, 5) is 0. The van der Waals surface area contributed by atoms with Gasteiger partial charge in [-0.3, -0.25) is 0 Å². The zero-order valence-corrected chi connectivity index (χ0v) is 11.2. The molecule has 18 heavy (non-hydrogen) atoms. The Morgan fingerprint density at radius 2 is 2.22 bits per heavy atom. The SMILES string of the molecule is CCCNC(COc1ccc(F)c(C)c1)C1CC1. The summed E-state index contributed by atoms with van der Waals surface area (Å²) < 4.78 is 18.9. The minimum atomic E-state index is -0.176. The Bertz CT molecular complexity index is 390. The molecule has 0 amide bonds. The Morgan fingerprint density at radius 3 is 2.83 bits per heavy atom. The predicted molar refractivity (Wildman–Crippen MR) is 71.4 cm³/mol. The highest BCUT2D eigenvalue weighted by Gasteiger charge is 2.31. The average molecular weight is 251 g/mol. The van der Waals surface area contributed by atoms with Crippen LogP contribution >= 0.6 is 0 Å². The molecule has 0 heterocycles. The highest BCUT2D eigenvalue weighted by molar-refractivity contribution is 5.28. The van der Waals surface area contributed by atoms with Crippen molar-refractivity contribution in [1.82, 2.24) is 5.32 Å². The first kappa shape index (κ1) is 13.3. The van der Waals surface area contributed by atoms with Crippen LogP contribution in [0, 0.1) is 18.7 Å². The molecular formula is C15H22FNO. The number of hydrogen-bond acceptors (Lipinski definition) is 2. The molecule has 0 bridgehead atoms. The quantitative estimate of drug-likeness (QED) is 0.803. The molecule has 100 valence electrons. The summed E-state index contributed by atoms with van der Waals surface area (Å²) in [6, 6.07) is 5.37. The van der Waals surface area contributed by atoms with Crippen molar-refractivity contribution in [2.75, 3.05) is 13.2 Å². The lowest BCUT2D eigenvalue weighted by molar-refractivity contribution is 0.249. The second-order valence-electron chi connectivity index (χ2n) is 5.12. The van der Waals surface area contributed by atoms with E-state index in [-0.39, 0.29) is 5.82 Å². The van der Waals surface area contributed by atoms with Gasteiger partial charge in [-0.1, -0.05) is 6.92 Å². The highest BCUT2D eigenvalue weighted by Crippen LogP contribution is 2.33. The number of rotatable bonds is 7. The molecule has 0 aromatic heterocycles. The smallest absolute Gasteiger partial charge is 0.126 e. The summed E-state index contributed by atoms with van der Waals surface area (Å²) in [5.74, 6) is 1.35. The van der Waals surface area contributed by atoms with Gasteiger partial charge in [0.05, 0.1) is 0 Å². The molecule has 1 fully saturated rings. The summed E-state index contributed by atoms with van der Waals surface area (Å²) in [7, 11) is 0. The molecule has 1 saturated carbocycles. The van der Waals surface area contributed by atoms with E-state index in [2.05, 4.69) is 12.2 Å². The fraction of sp³-hybridized carbons (Fsp3) is 0.600. The van der Waals surface area contributed by atoms with Gasteiger partial charge in [-0.2, -0.15) is 0 Å². The fourth-order valence-electron chi connectivity index (χ4n) is 2.08. The lowest BCUT2D eigenvalue weighted by Crippen LogP contribution is -2.37. The van der Waals surface area contributed by atoms with Crippen molar-refractivity contribution in [3.8, 4) is 5.75 Å². The second kappa shape index (κ2) is 6.19. The van der Waals surface area contributed by atoms with Crippen molar-refractivity contribution in [3.63, 3.8) is 0 Å². The van der Waals surface area contributed by atoms with Gasteiger partial charge in [0.2, 0.25) is 0 Å². The number of halogens is 1. The van der Waals surface area contributed by atoms with E-state index < -0.39 is 0 Å². The fourth-order valence-corrected chi connectivity index (χ4v) is 2.08. The molecule has 1 atom stereocenters. The van der Waals surface area contributed by atoms with Gasteiger partial charge >= 0.3 is 0 Å². The largest absolute Gasteiger partial charge is 0.492 e. The van der Waals surface area contributed by atoms with Crippen LogP contribution in [0.3, 0.4) is 0 Å². The monoisotopic (exact) mass is 251 g/mol. The van der Waals surface area contributed by atoms with Gasteiger partial charge in [0.1, 0.15) is 18.2 Å². The van der Waals surface area contributed by atoms with E-state index in [1.807, 2.05) is 0 Å².